The molecule has 4 rings (SSSR count). The van der Waals surface area contributed by atoms with Crippen molar-refractivity contribution in [2.24, 2.45) is 12.8 Å². The number of nitrogens with two attached hydrogens (primary N) is 1. The molecule has 0 bridgehead atoms. The molecule has 3 aromatic heterocycles. The van der Waals surface area contributed by atoms with Crippen LogP contribution in [0.4, 0.5) is 35.1 Å². The van der Waals surface area contributed by atoms with Crippen LogP contribution in [0.25, 0.3) is 11.5 Å². The van der Waals surface area contributed by atoms with Crippen molar-refractivity contribution in [1.29, 1.82) is 0 Å². The molecule has 1 aliphatic rings. The van der Waals surface area contributed by atoms with E-state index in [4.69, 9.17) is 5.73 Å². The molecule has 17 heteroatoms. The zero-order chi connectivity index (χ0) is 26.1. The van der Waals surface area contributed by atoms with Crippen LogP contribution in [0.2, 0.25) is 0 Å². The number of nitrogens with zero attached hydrogens (tertiary/aromatic N) is 6. The molecule has 35 heavy (non-hydrogen) atoms. The van der Waals surface area contributed by atoms with Crippen molar-refractivity contribution in [3.05, 3.63) is 41.1 Å². The third kappa shape index (κ3) is 4.23. The van der Waals surface area contributed by atoms with E-state index in [1.165, 1.54) is 13.1 Å². The number of carbonyl (C=O) groups is 1. The maximum Gasteiger partial charge on any atom is 0.459 e. The van der Waals surface area contributed by atoms with E-state index in [9.17, 15) is 39.9 Å². The van der Waals surface area contributed by atoms with E-state index < -0.39 is 46.9 Å². The topological polar surface area (TPSA) is 109 Å². The molecule has 1 fully saturated rings. The molecular formula is C18H16F8N8O. The van der Waals surface area contributed by atoms with Crippen molar-refractivity contribution >= 4 is 5.91 Å². The lowest BCUT2D eigenvalue weighted by Crippen LogP contribution is -2.43. The second-order valence-electron chi connectivity index (χ2n) is 8.07. The number of halogens is 8. The van der Waals surface area contributed by atoms with Crippen LogP contribution >= 0.6 is 0 Å². The Balaban J connectivity index is 1.75. The number of hydrogen-bond acceptors (Lipinski definition) is 5. The van der Waals surface area contributed by atoms with Gasteiger partial charge in [0.05, 0.1) is 29.3 Å². The third-order valence-electron chi connectivity index (χ3n) is 5.30. The van der Waals surface area contributed by atoms with E-state index in [2.05, 4.69) is 20.6 Å². The van der Waals surface area contributed by atoms with Gasteiger partial charge in [0.15, 0.2) is 11.5 Å². The van der Waals surface area contributed by atoms with Crippen LogP contribution in [-0.2, 0) is 19.1 Å². The molecule has 0 spiro atoms. The number of aryl methyl sites for hydroxylation is 2. The molecule has 1 aliphatic carbocycles. The minimum atomic E-state index is -6.32. The summed E-state index contributed by atoms with van der Waals surface area (Å²) < 4.78 is 109. The Bertz CT molecular complexity index is 1290. The van der Waals surface area contributed by atoms with Crippen LogP contribution in [0.3, 0.4) is 0 Å². The van der Waals surface area contributed by atoms with Crippen molar-refractivity contribution in [3.8, 4) is 11.5 Å². The molecule has 9 nitrogen and oxygen atoms in total. The number of amides is 1. The predicted octanol–water partition coefficient (Wildman–Crippen LogP) is 2.95. The summed E-state index contributed by atoms with van der Waals surface area (Å²) in [5.74, 6) is -7.60. The second-order valence-corrected chi connectivity index (χ2v) is 8.07. The van der Waals surface area contributed by atoms with Gasteiger partial charge in [-0.15, -0.1) is 0 Å². The maximum absolute atomic E-state index is 13.9. The summed E-state index contributed by atoms with van der Waals surface area (Å²) in [5.41, 5.74) is 0.559. The number of carbonyl (C=O) groups excluding carboxylic acids is 1. The molecule has 3 aromatic rings. The van der Waals surface area contributed by atoms with Crippen LogP contribution < -0.4 is 11.1 Å². The van der Waals surface area contributed by atoms with Crippen molar-refractivity contribution in [3.63, 3.8) is 0 Å². The maximum atomic E-state index is 13.9. The number of hydrogen-bond donors (Lipinski definition) is 2. The molecular weight excluding hydrogens is 496 g/mol. The minimum Gasteiger partial charge on any atom is -0.334 e. The molecule has 190 valence electrons. The van der Waals surface area contributed by atoms with Gasteiger partial charge in [0.25, 0.3) is 5.91 Å². The Morgan fingerprint density at radius 3 is 2.23 bits per heavy atom. The van der Waals surface area contributed by atoms with E-state index in [-0.39, 0.29) is 21.6 Å². The van der Waals surface area contributed by atoms with Crippen molar-refractivity contribution in [2.75, 3.05) is 0 Å². The molecule has 0 saturated heterocycles. The monoisotopic (exact) mass is 512 g/mol. The number of rotatable bonds is 5. The fourth-order valence-electron chi connectivity index (χ4n) is 3.31. The van der Waals surface area contributed by atoms with Crippen LogP contribution in [0.15, 0.2) is 18.6 Å². The van der Waals surface area contributed by atoms with Crippen LogP contribution in [-0.4, -0.2) is 47.1 Å². The number of aromatic nitrogens is 6. The minimum absolute atomic E-state index is 0.0144. The zero-order valence-corrected chi connectivity index (χ0v) is 17.8. The molecule has 0 aliphatic heterocycles. The first-order chi connectivity index (χ1) is 15.9. The smallest absolute Gasteiger partial charge is 0.334 e. The molecule has 0 unspecified atom stereocenters. The lowest BCUT2D eigenvalue weighted by Gasteiger charge is -2.19. The molecule has 0 radical (unpaired) electrons. The number of alkyl halides is 8. The van der Waals surface area contributed by atoms with Gasteiger partial charge in [-0.1, -0.05) is 0 Å². The fraction of sp³-hybridized carbons (Fsp3) is 0.444. The average molecular weight is 512 g/mol. The molecule has 1 saturated carbocycles. The van der Waals surface area contributed by atoms with Crippen molar-refractivity contribution < 1.29 is 39.9 Å². The van der Waals surface area contributed by atoms with Crippen molar-refractivity contribution in [2.45, 2.75) is 43.7 Å². The zero-order valence-electron chi connectivity index (χ0n) is 17.8. The summed E-state index contributed by atoms with van der Waals surface area (Å²) in [6.07, 6.45) is -7.65. The first-order valence-corrected chi connectivity index (χ1v) is 9.77. The van der Waals surface area contributed by atoms with E-state index in [1.54, 1.807) is 0 Å². The summed E-state index contributed by atoms with van der Waals surface area (Å²) in [6, 6.07) is 0. The van der Waals surface area contributed by atoms with E-state index in [0.717, 1.165) is 24.1 Å². The Labute approximate surface area is 190 Å². The fourth-order valence-corrected chi connectivity index (χ4v) is 3.31. The highest BCUT2D eigenvalue weighted by atomic mass is 19.4. The quantitative estimate of drug-likeness (QED) is 0.404. The Kier molecular flexibility index (Phi) is 5.27. The lowest BCUT2D eigenvalue weighted by molar-refractivity contribution is -0.292. The summed E-state index contributed by atoms with van der Waals surface area (Å²) in [6.45, 7) is 1.49. The highest BCUT2D eigenvalue weighted by molar-refractivity contribution is 5.95. The highest BCUT2D eigenvalue weighted by Gasteiger charge is 2.64. The molecule has 0 aromatic carbocycles. The second kappa shape index (κ2) is 7.50. The standard InChI is InChI=1S/C18H16F8N8O/c1-8-10(13(35)29-15(27)3-4-15)7-33(30-8)9-5-28-34(6-9)14-11(17(21,22)23)12(31-32(14)2)16(19,20)18(24,25)26/h5-7H,3-4,27H2,1-2H3,(H,29,35). The van der Waals surface area contributed by atoms with Gasteiger partial charge in [0, 0.05) is 13.2 Å². The van der Waals surface area contributed by atoms with Gasteiger partial charge >= 0.3 is 18.3 Å². The Morgan fingerprint density at radius 2 is 1.69 bits per heavy atom. The lowest BCUT2D eigenvalue weighted by atomic mass is 10.1. The molecule has 3 N–H and O–H groups in total. The van der Waals surface area contributed by atoms with Gasteiger partial charge < -0.3 is 11.1 Å². The largest absolute Gasteiger partial charge is 0.459 e. The van der Waals surface area contributed by atoms with Gasteiger partial charge in [0.1, 0.15) is 11.3 Å². The van der Waals surface area contributed by atoms with E-state index >= 15 is 0 Å². The van der Waals surface area contributed by atoms with E-state index in [1.807, 2.05) is 0 Å². The summed E-state index contributed by atoms with van der Waals surface area (Å²) in [7, 11) is 0.767. The summed E-state index contributed by atoms with van der Waals surface area (Å²) in [4.78, 5) is 12.4. The summed E-state index contributed by atoms with van der Waals surface area (Å²) in [5, 5.41) is 13.2. The highest BCUT2D eigenvalue weighted by Crippen LogP contribution is 2.49. The van der Waals surface area contributed by atoms with Gasteiger partial charge in [0.2, 0.25) is 0 Å². The van der Waals surface area contributed by atoms with Gasteiger partial charge in [-0.2, -0.15) is 50.4 Å². The molecule has 3 heterocycles. The third-order valence-corrected chi connectivity index (χ3v) is 5.30. The van der Waals surface area contributed by atoms with Crippen molar-refractivity contribution in [1.82, 2.24) is 34.7 Å². The van der Waals surface area contributed by atoms with Crippen LogP contribution in [0, 0.1) is 6.92 Å². The SMILES string of the molecule is Cc1nn(-c2cnn(-c3c(C(F)(F)F)c(C(F)(F)C(F)(F)F)nn3C)c2)cc1C(=O)NC1(N)CC1. The Hall–Kier alpha value is -3.50. The predicted molar refractivity (Wildman–Crippen MR) is 101 cm³/mol. The number of nitrogens with one attached hydrogen (secondary N) is 1. The van der Waals surface area contributed by atoms with Gasteiger partial charge in [-0.25, -0.2) is 14.0 Å². The summed E-state index contributed by atoms with van der Waals surface area (Å²) >= 11 is 0. The normalized spacial score (nSPS) is 16.0. The van der Waals surface area contributed by atoms with E-state index in [0.29, 0.717) is 17.5 Å². The average Bonchev–Trinajstić information content (AvgIpc) is 3.10. The molecule has 0 atom stereocenters. The van der Waals surface area contributed by atoms with Crippen LogP contribution in [0.5, 0.6) is 0 Å². The van der Waals surface area contributed by atoms with Gasteiger partial charge in [-0.3, -0.25) is 4.79 Å². The Morgan fingerprint density at radius 1 is 1.06 bits per heavy atom. The first-order valence-electron chi connectivity index (χ1n) is 9.77. The van der Waals surface area contributed by atoms with Crippen LogP contribution in [0.1, 0.15) is 40.2 Å². The molecule has 1 amide bonds. The van der Waals surface area contributed by atoms with Gasteiger partial charge in [-0.05, 0) is 19.8 Å². The first kappa shape index (κ1) is 24.6.